The Bertz CT molecular complexity index is 2540. The first-order chi connectivity index (χ1) is 26.7. The number of aromatic nitrogens is 3. The van der Waals surface area contributed by atoms with Crippen LogP contribution in [0.4, 0.5) is 0 Å². The van der Waals surface area contributed by atoms with Crippen LogP contribution in [-0.2, 0) is 0 Å². The van der Waals surface area contributed by atoms with Gasteiger partial charge in [0, 0.05) is 16.7 Å². The van der Waals surface area contributed by atoms with Gasteiger partial charge in [0.25, 0.3) is 0 Å². The first-order valence-corrected chi connectivity index (χ1v) is 18.2. The van der Waals surface area contributed by atoms with Crippen molar-refractivity contribution in [3.8, 4) is 89.8 Å². The lowest BCUT2D eigenvalue weighted by atomic mass is 9.91. The van der Waals surface area contributed by atoms with E-state index in [-0.39, 0.29) is 0 Å². The number of benzene rings is 8. The number of rotatable bonds is 8. The zero-order chi connectivity index (χ0) is 36.1. The lowest BCUT2D eigenvalue weighted by molar-refractivity contribution is 1.07. The Balaban J connectivity index is 1.09. The third-order valence-corrected chi connectivity index (χ3v) is 9.80. The minimum atomic E-state index is 0.630. The van der Waals surface area contributed by atoms with E-state index in [0.717, 1.165) is 38.9 Å². The van der Waals surface area contributed by atoms with E-state index < -0.39 is 0 Å². The second kappa shape index (κ2) is 14.8. The van der Waals surface area contributed by atoms with Gasteiger partial charge in [-0.2, -0.15) is 0 Å². The summed E-state index contributed by atoms with van der Waals surface area (Å²) in [6, 6.07) is 74.2. The summed E-state index contributed by atoms with van der Waals surface area (Å²) < 4.78 is 0. The number of hydrogen-bond donors (Lipinski definition) is 0. The summed E-state index contributed by atoms with van der Waals surface area (Å²) in [6.07, 6.45) is 0. The van der Waals surface area contributed by atoms with Crippen LogP contribution in [0.3, 0.4) is 0 Å². The molecule has 0 radical (unpaired) electrons. The molecule has 0 unspecified atom stereocenters. The molecule has 0 aliphatic rings. The highest BCUT2D eigenvalue weighted by Crippen LogP contribution is 2.36. The third-order valence-electron chi connectivity index (χ3n) is 9.80. The molecule has 0 amide bonds. The van der Waals surface area contributed by atoms with E-state index in [2.05, 4.69) is 200 Å². The summed E-state index contributed by atoms with van der Waals surface area (Å²) in [5.74, 6) is 1.90. The molecule has 0 fully saturated rings. The average molecular weight is 690 g/mol. The highest BCUT2D eigenvalue weighted by Gasteiger charge is 2.15. The van der Waals surface area contributed by atoms with Gasteiger partial charge in [-0.15, -0.1) is 0 Å². The highest BCUT2D eigenvalue weighted by atomic mass is 15.0. The Labute approximate surface area is 316 Å². The normalized spacial score (nSPS) is 11.0. The zero-order valence-corrected chi connectivity index (χ0v) is 29.5. The SMILES string of the molecule is c1ccc(-c2ccc(-c3nc(-c4ccc(-c5ccccc5)cc4)nc(-c4ccc(-c5ccc(-c6ccccc6)c(-c6ccccc6)c5)cc4)n3)cc2)cc1. The van der Waals surface area contributed by atoms with Crippen molar-refractivity contribution in [2.24, 2.45) is 0 Å². The lowest BCUT2D eigenvalue weighted by Gasteiger charge is -2.14. The van der Waals surface area contributed by atoms with Crippen LogP contribution in [-0.4, -0.2) is 15.0 Å². The van der Waals surface area contributed by atoms with Crippen molar-refractivity contribution >= 4 is 0 Å². The van der Waals surface area contributed by atoms with Gasteiger partial charge in [0.1, 0.15) is 0 Å². The molecular weight excluding hydrogens is 655 g/mol. The Morgan fingerprint density at radius 3 is 0.815 bits per heavy atom. The molecule has 3 nitrogen and oxygen atoms in total. The smallest absolute Gasteiger partial charge is 0.164 e. The van der Waals surface area contributed by atoms with E-state index in [4.69, 9.17) is 15.0 Å². The average Bonchev–Trinajstić information content (AvgIpc) is 3.27. The second-order valence-electron chi connectivity index (χ2n) is 13.3. The summed E-state index contributed by atoms with van der Waals surface area (Å²) in [5.41, 5.74) is 14.5. The van der Waals surface area contributed by atoms with Crippen LogP contribution in [0.25, 0.3) is 89.8 Å². The molecule has 0 aliphatic carbocycles. The van der Waals surface area contributed by atoms with E-state index >= 15 is 0 Å². The molecule has 0 N–H and O–H groups in total. The molecule has 1 aromatic heterocycles. The van der Waals surface area contributed by atoms with Gasteiger partial charge in [-0.1, -0.05) is 206 Å². The summed E-state index contributed by atoms with van der Waals surface area (Å²) in [5, 5.41) is 0. The maximum atomic E-state index is 5.05. The first kappa shape index (κ1) is 32.7. The van der Waals surface area contributed by atoms with Gasteiger partial charge in [0.2, 0.25) is 0 Å². The Hall–Kier alpha value is -7.23. The summed E-state index contributed by atoms with van der Waals surface area (Å²) >= 11 is 0. The van der Waals surface area contributed by atoms with E-state index in [9.17, 15) is 0 Å². The molecule has 1 heterocycles. The fraction of sp³-hybridized carbons (Fsp3) is 0. The molecule has 0 aliphatic heterocycles. The topological polar surface area (TPSA) is 38.7 Å². The van der Waals surface area contributed by atoms with Gasteiger partial charge in [-0.3, -0.25) is 0 Å². The predicted octanol–water partition coefficient (Wildman–Crippen LogP) is 13.2. The van der Waals surface area contributed by atoms with Crippen LogP contribution < -0.4 is 0 Å². The van der Waals surface area contributed by atoms with Crippen LogP contribution in [0.15, 0.2) is 212 Å². The third kappa shape index (κ3) is 6.87. The molecule has 0 saturated carbocycles. The Morgan fingerprint density at radius 2 is 0.444 bits per heavy atom. The van der Waals surface area contributed by atoms with Crippen molar-refractivity contribution < 1.29 is 0 Å². The Kier molecular flexibility index (Phi) is 8.94. The molecule has 54 heavy (non-hydrogen) atoms. The monoisotopic (exact) mass is 689 g/mol. The largest absolute Gasteiger partial charge is 0.208 e. The van der Waals surface area contributed by atoms with Gasteiger partial charge >= 0.3 is 0 Å². The molecule has 9 rings (SSSR count). The van der Waals surface area contributed by atoms with Crippen molar-refractivity contribution in [2.75, 3.05) is 0 Å². The first-order valence-electron chi connectivity index (χ1n) is 18.2. The summed E-state index contributed by atoms with van der Waals surface area (Å²) in [7, 11) is 0. The molecule has 0 bridgehead atoms. The van der Waals surface area contributed by atoms with E-state index in [1.807, 2.05) is 12.1 Å². The van der Waals surface area contributed by atoms with E-state index in [1.54, 1.807) is 0 Å². The highest BCUT2D eigenvalue weighted by molar-refractivity contribution is 5.87. The second-order valence-corrected chi connectivity index (χ2v) is 13.3. The minimum absolute atomic E-state index is 0.630. The molecule has 0 saturated heterocycles. The van der Waals surface area contributed by atoms with Crippen LogP contribution in [0, 0.1) is 0 Å². The molecule has 8 aromatic carbocycles. The molecular formula is C51H35N3. The van der Waals surface area contributed by atoms with Crippen molar-refractivity contribution in [1.82, 2.24) is 15.0 Å². The van der Waals surface area contributed by atoms with Crippen LogP contribution in [0.1, 0.15) is 0 Å². The number of hydrogen-bond acceptors (Lipinski definition) is 3. The molecule has 3 heteroatoms. The van der Waals surface area contributed by atoms with Gasteiger partial charge in [0.15, 0.2) is 17.5 Å². The standard InChI is InChI=1S/C51H35N3/c1-5-13-36(14-6-1)38-21-27-43(28-22-38)49-52-50(44-29-23-39(24-30-44)37-15-7-2-8-16-37)54-51(53-49)45-31-25-40(26-32-45)46-33-34-47(41-17-9-3-10-18-41)48(35-46)42-19-11-4-12-20-42/h1-35H. The zero-order valence-electron chi connectivity index (χ0n) is 29.5. The van der Waals surface area contributed by atoms with Gasteiger partial charge in [0.05, 0.1) is 0 Å². The molecule has 0 spiro atoms. The van der Waals surface area contributed by atoms with E-state index in [0.29, 0.717) is 17.5 Å². The van der Waals surface area contributed by atoms with Crippen LogP contribution in [0.2, 0.25) is 0 Å². The lowest BCUT2D eigenvalue weighted by Crippen LogP contribution is -2.00. The molecule has 9 aromatic rings. The van der Waals surface area contributed by atoms with Gasteiger partial charge < -0.3 is 0 Å². The van der Waals surface area contributed by atoms with Crippen molar-refractivity contribution in [1.29, 1.82) is 0 Å². The summed E-state index contributed by atoms with van der Waals surface area (Å²) in [6.45, 7) is 0. The van der Waals surface area contributed by atoms with Crippen molar-refractivity contribution in [3.63, 3.8) is 0 Å². The maximum absolute atomic E-state index is 5.05. The van der Waals surface area contributed by atoms with Crippen LogP contribution in [0.5, 0.6) is 0 Å². The molecule has 0 atom stereocenters. The predicted molar refractivity (Wildman–Crippen MR) is 223 cm³/mol. The van der Waals surface area contributed by atoms with Gasteiger partial charge in [-0.25, -0.2) is 15.0 Å². The van der Waals surface area contributed by atoms with Crippen molar-refractivity contribution in [2.45, 2.75) is 0 Å². The fourth-order valence-electron chi connectivity index (χ4n) is 6.91. The fourth-order valence-corrected chi connectivity index (χ4v) is 6.91. The minimum Gasteiger partial charge on any atom is -0.208 e. The molecule has 254 valence electrons. The van der Waals surface area contributed by atoms with Crippen molar-refractivity contribution in [3.05, 3.63) is 212 Å². The van der Waals surface area contributed by atoms with Crippen LogP contribution >= 0.6 is 0 Å². The summed E-state index contributed by atoms with van der Waals surface area (Å²) in [4.78, 5) is 15.1. The Morgan fingerprint density at radius 1 is 0.185 bits per heavy atom. The van der Waals surface area contributed by atoms with E-state index in [1.165, 1.54) is 33.4 Å². The number of nitrogens with zero attached hydrogens (tertiary/aromatic N) is 3. The van der Waals surface area contributed by atoms with Gasteiger partial charge in [-0.05, 0) is 61.7 Å². The quantitative estimate of drug-likeness (QED) is 0.159. The maximum Gasteiger partial charge on any atom is 0.164 e.